The predicted molar refractivity (Wildman–Crippen MR) is 83.8 cm³/mol. The maximum Gasteiger partial charge on any atom is 0.334 e. The van der Waals surface area contributed by atoms with Gasteiger partial charge in [-0.2, -0.15) is 0 Å². The van der Waals surface area contributed by atoms with Gasteiger partial charge in [0.05, 0.1) is 0 Å². The normalized spacial score (nSPS) is 13.5. The van der Waals surface area contributed by atoms with Gasteiger partial charge in [0, 0.05) is 10.2 Å². The minimum atomic E-state index is -1.12. The molecule has 0 bridgehead atoms. The molecular weight excluding hydrogens is 318 g/mol. The third-order valence-electron chi connectivity index (χ3n) is 3.36. The lowest BCUT2D eigenvalue weighted by Crippen LogP contribution is -2.42. The molecule has 0 aromatic heterocycles. The number of benzene rings is 2. The summed E-state index contributed by atoms with van der Waals surface area (Å²) in [6, 6.07) is 16.8. The van der Waals surface area contributed by atoms with E-state index in [0.29, 0.717) is 6.42 Å². The molecule has 2 aromatic rings. The summed E-state index contributed by atoms with van der Waals surface area (Å²) < 4.78 is 0.959. The van der Waals surface area contributed by atoms with E-state index in [-0.39, 0.29) is 0 Å². The Bertz CT molecular complexity index is 583. The van der Waals surface area contributed by atoms with Gasteiger partial charge in [-0.1, -0.05) is 53.2 Å². The molecule has 0 radical (unpaired) electrons. The van der Waals surface area contributed by atoms with Gasteiger partial charge in [-0.15, -0.1) is 0 Å². The number of hydrogen-bond acceptors (Lipinski definition) is 2. The van der Waals surface area contributed by atoms with Gasteiger partial charge in [0.25, 0.3) is 0 Å². The molecule has 0 heterocycles. The third-order valence-corrected chi connectivity index (χ3v) is 3.89. The maximum atomic E-state index is 11.9. The Morgan fingerprint density at radius 2 is 1.75 bits per heavy atom. The molecule has 0 amide bonds. The first kappa shape index (κ1) is 14.6. The van der Waals surface area contributed by atoms with Gasteiger partial charge in [-0.3, -0.25) is 0 Å². The summed E-state index contributed by atoms with van der Waals surface area (Å²) in [5.41, 5.74) is 0.411. The molecule has 0 spiro atoms. The van der Waals surface area contributed by atoms with Crippen molar-refractivity contribution < 1.29 is 9.90 Å². The van der Waals surface area contributed by atoms with Crippen LogP contribution in [0, 0.1) is 0 Å². The molecule has 2 N–H and O–H groups in total. The van der Waals surface area contributed by atoms with E-state index in [2.05, 4.69) is 21.2 Å². The van der Waals surface area contributed by atoms with Crippen molar-refractivity contribution in [2.45, 2.75) is 18.9 Å². The Hall–Kier alpha value is -1.81. The lowest BCUT2D eigenvalue weighted by molar-refractivity contribution is -0.142. The molecule has 4 heteroatoms. The van der Waals surface area contributed by atoms with Crippen molar-refractivity contribution in [1.29, 1.82) is 0 Å². The summed E-state index contributed by atoms with van der Waals surface area (Å²) in [6.45, 7) is 1.87. The molecule has 0 saturated heterocycles. The quantitative estimate of drug-likeness (QED) is 0.859. The summed E-state index contributed by atoms with van der Waals surface area (Å²) >= 11 is 3.37. The van der Waals surface area contributed by atoms with E-state index in [1.54, 1.807) is 0 Å². The summed E-state index contributed by atoms with van der Waals surface area (Å²) in [4.78, 5) is 11.9. The van der Waals surface area contributed by atoms with Crippen molar-refractivity contribution >= 4 is 27.6 Å². The van der Waals surface area contributed by atoms with Crippen molar-refractivity contribution in [2.75, 3.05) is 5.32 Å². The van der Waals surface area contributed by atoms with E-state index in [1.807, 2.05) is 61.5 Å². The second-order valence-electron chi connectivity index (χ2n) is 4.56. The molecule has 0 aliphatic heterocycles. The van der Waals surface area contributed by atoms with E-state index < -0.39 is 11.5 Å². The number of nitrogens with one attached hydrogen (secondary N) is 1. The SMILES string of the molecule is CCC(Nc1ccc(Br)cc1)(C(=O)O)c1ccccc1. The van der Waals surface area contributed by atoms with Crippen LogP contribution in [0.5, 0.6) is 0 Å². The molecular formula is C16H16BrNO2. The van der Waals surface area contributed by atoms with Crippen molar-refractivity contribution in [3.8, 4) is 0 Å². The second-order valence-corrected chi connectivity index (χ2v) is 5.48. The van der Waals surface area contributed by atoms with Crippen LogP contribution in [-0.4, -0.2) is 11.1 Å². The van der Waals surface area contributed by atoms with Crippen molar-refractivity contribution in [1.82, 2.24) is 0 Å². The highest BCUT2D eigenvalue weighted by Crippen LogP contribution is 2.30. The van der Waals surface area contributed by atoms with E-state index >= 15 is 0 Å². The maximum absolute atomic E-state index is 11.9. The van der Waals surface area contributed by atoms with E-state index in [1.165, 1.54) is 0 Å². The zero-order valence-corrected chi connectivity index (χ0v) is 12.7. The predicted octanol–water partition coefficient (Wildman–Crippen LogP) is 4.25. The molecule has 1 unspecified atom stereocenters. The van der Waals surface area contributed by atoms with Crippen LogP contribution in [0.3, 0.4) is 0 Å². The Balaban J connectivity index is 2.42. The van der Waals surface area contributed by atoms with Crippen molar-refractivity contribution in [3.05, 3.63) is 64.6 Å². The zero-order chi connectivity index (χ0) is 14.6. The van der Waals surface area contributed by atoms with Crippen LogP contribution in [0.15, 0.2) is 59.1 Å². The Kier molecular flexibility index (Phi) is 4.45. The first-order valence-corrected chi connectivity index (χ1v) is 7.20. The number of anilines is 1. The fraction of sp³-hybridized carbons (Fsp3) is 0.188. The molecule has 0 fully saturated rings. The minimum absolute atomic E-state index is 0.447. The van der Waals surface area contributed by atoms with Gasteiger partial charge < -0.3 is 10.4 Å². The monoisotopic (exact) mass is 333 g/mol. The standard InChI is InChI=1S/C16H16BrNO2/c1-2-16(15(19)20,12-6-4-3-5-7-12)18-14-10-8-13(17)9-11-14/h3-11,18H,2H2,1H3,(H,19,20). The average molecular weight is 334 g/mol. The van der Waals surface area contributed by atoms with Crippen LogP contribution in [-0.2, 0) is 10.3 Å². The van der Waals surface area contributed by atoms with Crippen LogP contribution in [0.25, 0.3) is 0 Å². The first-order chi connectivity index (χ1) is 9.58. The van der Waals surface area contributed by atoms with E-state index in [4.69, 9.17) is 0 Å². The van der Waals surface area contributed by atoms with Gasteiger partial charge in [0.15, 0.2) is 5.54 Å². The van der Waals surface area contributed by atoms with Crippen molar-refractivity contribution in [3.63, 3.8) is 0 Å². The van der Waals surface area contributed by atoms with Gasteiger partial charge >= 0.3 is 5.97 Å². The van der Waals surface area contributed by atoms with Crippen LogP contribution >= 0.6 is 15.9 Å². The Morgan fingerprint density at radius 3 is 2.25 bits per heavy atom. The number of rotatable bonds is 5. The minimum Gasteiger partial charge on any atom is -0.479 e. The van der Waals surface area contributed by atoms with Gasteiger partial charge in [-0.25, -0.2) is 4.79 Å². The third kappa shape index (κ3) is 2.85. The fourth-order valence-corrected chi connectivity index (χ4v) is 2.46. The van der Waals surface area contributed by atoms with E-state index in [9.17, 15) is 9.90 Å². The molecule has 1 atom stereocenters. The Morgan fingerprint density at radius 1 is 1.15 bits per heavy atom. The molecule has 2 aromatic carbocycles. The molecule has 0 saturated carbocycles. The number of carboxylic acids is 1. The van der Waals surface area contributed by atoms with Crippen LogP contribution in [0.1, 0.15) is 18.9 Å². The molecule has 0 aliphatic carbocycles. The highest BCUT2D eigenvalue weighted by molar-refractivity contribution is 9.10. The van der Waals surface area contributed by atoms with Gasteiger partial charge in [-0.05, 0) is 36.2 Å². The Labute approximate surface area is 126 Å². The lowest BCUT2D eigenvalue weighted by atomic mass is 9.87. The van der Waals surface area contributed by atoms with Crippen LogP contribution < -0.4 is 5.32 Å². The molecule has 3 nitrogen and oxygen atoms in total. The highest BCUT2D eigenvalue weighted by atomic mass is 79.9. The van der Waals surface area contributed by atoms with Gasteiger partial charge in [0.1, 0.15) is 0 Å². The molecule has 0 aliphatic rings. The van der Waals surface area contributed by atoms with E-state index in [0.717, 1.165) is 15.7 Å². The summed E-state index contributed by atoms with van der Waals surface area (Å²) in [5, 5.41) is 12.9. The molecule has 20 heavy (non-hydrogen) atoms. The number of hydrogen-bond donors (Lipinski definition) is 2. The number of carboxylic acid groups (broad SMARTS) is 1. The average Bonchev–Trinajstić information content (AvgIpc) is 2.47. The summed E-state index contributed by atoms with van der Waals surface area (Å²) in [5.74, 6) is -0.880. The zero-order valence-electron chi connectivity index (χ0n) is 11.1. The molecule has 104 valence electrons. The fourth-order valence-electron chi connectivity index (χ4n) is 2.20. The largest absolute Gasteiger partial charge is 0.479 e. The lowest BCUT2D eigenvalue weighted by Gasteiger charge is -2.31. The summed E-state index contributed by atoms with van der Waals surface area (Å²) in [6.07, 6.45) is 0.447. The first-order valence-electron chi connectivity index (χ1n) is 6.41. The smallest absolute Gasteiger partial charge is 0.334 e. The van der Waals surface area contributed by atoms with Crippen LogP contribution in [0.4, 0.5) is 5.69 Å². The van der Waals surface area contributed by atoms with Gasteiger partial charge in [0.2, 0.25) is 0 Å². The van der Waals surface area contributed by atoms with Crippen LogP contribution in [0.2, 0.25) is 0 Å². The second kappa shape index (κ2) is 6.09. The highest BCUT2D eigenvalue weighted by Gasteiger charge is 2.38. The number of halogens is 1. The van der Waals surface area contributed by atoms with Crippen molar-refractivity contribution in [2.24, 2.45) is 0 Å². The molecule has 2 rings (SSSR count). The topological polar surface area (TPSA) is 49.3 Å². The number of carbonyl (C=O) groups is 1. The number of aliphatic carboxylic acids is 1. The summed E-state index contributed by atoms with van der Waals surface area (Å²) in [7, 11) is 0.